The topological polar surface area (TPSA) is 28.4 Å². The number of rotatable bonds is 6. The van der Waals surface area contributed by atoms with Gasteiger partial charge in [0.15, 0.2) is 0 Å². The van der Waals surface area contributed by atoms with Crippen molar-refractivity contribution >= 4 is 5.69 Å². The van der Waals surface area contributed by atoms with Crippen molar-refractivity contribution in [1.82, 2.24) is 5.32 Å². The Morgan fingerprint density at radius 3 is 2.67 bits per heavy atom. The summed E-state index contributed by atoms with van der Waals surface area (Å²) in [5.41, 5.74) is 2.16. The SMILES string of the molecule is Cc1cc(CN(C)c2ccc(F)cc2)oc1CNC1CC1. The van der Waals surface area contributed by atoms with Crippen molar-refractivity contribution in [2.24, 2.45) is 0 Å². The molecular weight excluding hydrogens is 267 g/mol. The van der Waals surface area contributed by atoms with E-state index in [9.17, 15) is 4.39 Å². The molecule has 0 spiro atoms. The van der Waals surface area contributed by atoms with Crippen LogP contribution in [0.25, 0.3) is 0 Å². The molecule has 0 unspecified atom stereocenters. The third kappa shape index (κ3) is 3.64. The van der Waals surface area contributed by atoms with Gasteiger partial charge in [-0.2, -0.15) is 0 Å². The summed E-state index contributed by atoms with van der Waals surface area (Å²) in [4.78, 5) is 2.05. The van der Waals surface area contributed by atoms with E-state index in [1.807, 2.05) is 7.05 Å². The second-order valence-electron chi connectivity index (χ2n) is 5.81. The van der Waals surface area contributed by atoms with E-state index in [4.69, 9.17) is 4.42 Å². The number of anilines is 1. The zero-order valence-corrected chi connectivity index (χ0v) is 12.5. The molecule has 0 aliphatic heterocycles. The van der Waals surface area contributed by atoms with Gasteiger partial charge in [0.1, 0.15) is 17.3 Å². The van der Waals surface area contributed by atoms with Gasteiger partial charge in [0, 0.05) is 18.8 Å². The van der Waals surface area contributed by atoms with Gasteiger partial charge in [-0.1, -0.05) is 0 Å². The fraction of sp³-hybridized carbons (Fsp3) is 0.412. The summed E-state index contributed by atoms with van der Waals surface area (Å²) in [6.45, 7) is 3.56. The van der Waals surface area contributed by atoms with Gasteiger partial charge < -0.3 is 14.6 Å². The maximum atomic E-state index is 12.9. The summed E-state index contributed by atoms with van der Waals surface area (Å²) in [5, 5.41) is 3.47. The fourth-order valence-corrected chi connectivity index (χ4v) is 2.39. The molecule has 2 aromatic rings. The molecule has 1 fully saturated rings. The quantitative estimate of drug-likeness (QED) is 0.880. The molecular formula is C17H21FN2O. The lowest BCUT2D eigenvalue weighted by atomic mass is 10.2. The number of benzene rings is 1. The Kier molecular flexibility index (Phi) is 3.97. The third-order valence-electron chi connectivity index (χ3n) is 3.86. The molecule has 0 amide bonds. The van der Waals surface area contributed by atoms with Gasteiger partial charge >= 0.3 is 0 Å². The Balaban J connectivity index is 1.63. The van der Waals surface area contributed by atoms with E-state index in [2.05, 4.69) is 23.2 Å². The molecule has 1 aliphatic rings. The monoisotopic (exact) mass is 288 g/mol. The number of furan rings is 1. The number of hydrogen-bond donors (Lipinski definition) is 1. The van der Waals surface area contributed by atoms with E-state index in [0.717, 1.165) is 23.8 Å². The van der Waals surface area contributed by atoms with Gasteiger partial charge in [-0.05, 0) is 55.7 Å². The third-order valence-corrected chi connectivity index (χ3v) is 3.86. The molecule has 112 valence electrons. The molecule has 0 radical (unpaired) electrons. The summed E-state index contributed by atoms with van der Waals surface area (Å²) < 4.78 is 18.9. The minimum Gasteiger partial charge on any atom is -0.463 e. The standard InChI is InChI=1S/C17H21FN2O/c1-12-9-16(21-17(12)10-19-14-5-6-14)11-20(2)15-7-3-13(18)4-8-15/h3-4,7-9,14,19H,5-6,10-11H2,1-2H3. The van der Waals surface area contributed by atoms with Gasteiger partial charge in [0.2, 0.25) is 0 Å². The Bertz CT molecular complexity index is 602. The highest BCUT2D eigenvalue weighted by atomic mass is 19.1. The fourth-order valence-electron chi connectivity index (χ4n) is 2.39. The molecule has 1 aliphatic carbocycles. The highest BCUT2D eigenvalue weighted by Gasteiger charge is 2.21. The van der Waals surface area contributed by atoms with E-state index >= 15 is 0 Å². The summed E-state index contributed by atoms with van der Waals surface area (Å²) >= 11 is 0. The van der Waals surface area contributed by atoms with Crippen LogP contribution in [0, 0.1) is 12.7 Å². The van der Waals surface area contributed by atoms with E-state index in [0.29, 0.717) is 12.6 Å². The van der Waals surface area contributed by atoms with Crippen molar-refractivity contribution in [3.8, 4) is 0 Å². The predicted octanol–water partition coefficient (Wildman–Crippen LogP) is 3.62. The van der Waals surface area contributed by atoms with Crippen LogP contribution < -0.4 is 10.2 Å². The van der Waals surface area contributed by atoms with Crippen molar-refractivity contribution in [1.29, 1.82) is 0 Å². The van der Waals surface area contributed by atoms with Gasteiger partial charge in [-0.15, -0.1) is 0 Å². The van der Waals surface area contributed by atoms with E-state index < -0.39 is 0 Å². The van der Waals surface area contributed by atoms with Crippen LogP contribution in [0.3, 0.4) is 0 Å². The summed E-state index contributed by atoms with van der Waals surface area (Å²) in [6, 6.07) is 9.28. The van der Waals surface area contributed by atoms with Crippen molar-refractivity contribution in [2.45, 2.75) is 38.9 Å². The van der Waals surface area contributed by atoms with Crippen LogP contribution in [0.2, 0.25) is 0 Å². The largest absolute Gasteiger partial charge is 0.463 e. The van der Waals surface area contributed by atoms with Crippen LogP contribution >= 0.6 is 0 Å². The molecule has 1 aromatic heterocycles. The molecule has 0 saturated heterocycles. The van der Waals surface area contributed by atoms with Crippen LogP contribution in [0.5, 0.6) is 0 Å². The van der Waals surface area contributed by atoms with Gasteiger partial charge in [-0.25, -0.2) is 4.39 Å². The summed E-state index contributed by atoms with van der Waals surface area (Å²) in [7, 11) is 1.98. The molecule has 1 heterocycles. The first kappa shape index (κ1) is 14.1. The number of hydrogen-bond acceptors (Lipinski definition) is 3. The molecule has 1 saturated carbocycles. The van der Waals surface area contributed by atoms with Crippen LogP contribution in [0.1, 0.15) is 29.9 Å². The molecule has 3 rings (SSSR count). The lowest BCUT2D eigenvalue weighted by Gasteiger charge is -2.17. The minimum absolute atomic E-state index is 0.213. The maximum absolute atomic E-state index is 12.9. The van der Waals surface area contributed by atoms with E-state index in [1.54, 1.807) is 12.1 Å². The number of aryl methyl sites for hydroxylation is 1. The molecule has 0 atom stereocenters. The first-order valence-electron chi connectivity index (χ1n) is 7.40. The second kappa shape index (κ2) is 5.90. The zero-order chi connectivity index (χ0) is 14.8. The van der Waals surface area contributed by atoms with Crippen molar-refractivity contribution in [2.75, 3.05) is 11.9 Å². The maximum Gasteiger partial charge on any atom is 0.123 e. The number of nitrogens with zero attached hydrogens (tertiary/aromatic N) is 1. The van der Waals surface area contributed by atoms with E-state index in [1.165, 1.54) is 30.5 Å². The molecule has 1 N–H and O–H groups in total. The Labute approximate surface area is 124 Å². The van der Waals surface area contributed by atoms with Gasteiger partial charge in [-0.3, -0.25) is 0 Å². The molecule has 3 nitrogen and oxygen atoms in total. The minimum atomic E-state index is -0.213. The average molecular weight is 288 g/mol. The Morgan fingerprint density at radius 2 is 2.00 bits per heavy atom. The number of halogens is 1. The zero-order valence-electron chi connectivity index (χ0n) is 12.5. The normalized spacial score (nSPS) is 14.4. The molecule has 0 bridgehead atoms. The van der Waals surface area contributed by atoms with Crippen LogP contribution in [-0.4, -0.2) is 13.1 Å². The van der Waals surface area contributed by atoms with Gasteiger partial charge in [0.05, 0.1) is 13.1 Å². The van der Waals surface area contributed by atoms with Crippen LogP contribution in [0.4, 0.5) is 10.1 Å². The highest BCUT2D eigenvalue weighted by molar-refractivity contribution is 5.45. The predicted molar refractivity (Wildman–Crippen MR) is 81.8 cm³/mol. The smallest absolute Gasteiger partial charge is 0.123 e. The van der Waals surface area contributed by atoms with Crippen LogP contribution in [-0.2, 0) is 13.1 Å². The van der Waals surface area contributed by atoms with Crippen molar-refractivity contribution in [3.63, 3.8) is 0 Å². The first-order valence-corrected chi connectivity index (χ1v) is 7.40. The Morgan fingerprint density at radius 1 is 1.29 bits per heavy atom. The lowest BCUT2D eigenvalue weighted by molar-refractivity contribution is 0.443. The van der Waals surface area contributed by atoms with Crippen molar-refractivity contribution in [3.05, 3.63) is 53.2 Å². The number of nitrogens with one attached hydrogen (secondary N) is 1. The Hall–Kier alpha value is -1.81. The first-order chi connectivity index (χ1) is 10.1. The van der Waals surface area contributed by atoms with Crippen molar-refractivity contribution < 1.29 is 8.81 Å². The van der Waals surface area contributed by atoms with Gasteiger partial charge in [0.25, 0.3) is 0 Å². The molecule has 21 heavy (non-hydrogen) atoms. The van der Waals surface area contributed by atoms with Crippen LogP contribution in [0.15, 0.2) is 34.7 Å². The highest BCUT2D eigenvalue weighted by Crippen LogP contribution is 2.22. The molecule has 4 heteroatoms. The summed E-state index contributed by atoms with van der Waals surface area (Å²) in [6.07, 6.45) is 2.56. The second-order valence-corrected chi connectivity index (χ2v) is 5.81. The molecule has 1 aromatic carbocycles. The average Bonchev–Trinajstić information content (AvgIpc) is 3.22. The lowest BCUT2D eigenvalue weighted by Crippen LogP contribution is -2.16. The summed E-state index contributed by atoms with van der Waals surface area (Å²) in [5.74, 6) is 1.74. The van der Waals surface area contributed by atoms with E-state index in [-0.39, 0.29) is 5.82 Å².